The molecule has 2 aliphatic rings. The fourth-order valence-electron chi connectivity index (χ4n) is 4.35. The van der Waals surface area contributed by atoms with Crippen LogP contribution in [-0.2, 0) is 6.42 Å². The van der Waals surface area contributed by atoms with E-state index in [1.807, 2.05) is 6.92 Å². The number of fused-ring (bicyclic) bond motifs is 5. The number of hydrogen-bond acceptors (Lipinski definition) is 6. The van der Waals surface area contributed by atoms with Crippen LogP contribution in [-0.4, -0.2) is 44.2 Å². The van der Waals surface area contributed by atoms with Crippen molar-refractivity contribution in [2.45, 2.75) is 44.4 Å². The number of nitrogens with two attached hydrogens (primary N) is 1. The number of pyridine rings is 1. The second-order valence-corrected chi connectivity index (χ2v) is 7.92. The first-order valence-electron chi connectivity index (χ1n) is 9.91. The first kappa shape index (κ1) is 18.7. The van der Waals surface area contributed by atoms with Crippen LogP contribution in [0, 0.1) is 5.82 Å². The fraction of sp³-hybridized carbons (Fsp3) is 0.400. The maximum Gasteiger partial charge on any atom is 0.259 e. The molecule has 0 aliphatic carbocycles. The number of hydrogen-bond donors (Lipinski definition) is 2. The predicted octanol–water partition coefficient (Wildman–Crippen LogP) is 2.20. The maximum absolute atomic E-state index is 14.5. The third-order valence-corrected chi connectivity index (χ3v) is 5.79. The van der Waals surface area contributed by atoms with E-state index in [1.165, 1.54) is 16.8 Å². The number of anilines is 2. The number of carbonyl (C=O) groups is 1. The number of nitrogen functional groups attached to an aromatic ring is 1. The molecule has 5 heterocycles. The zero-order valence-corrected chi connectivity index (χ0v) is 16.3. The highest BCUT2D eigenvalue weighted by molar-refractivity contribution is 6.04. The number of nitrogens with zero attached hydrogens (tertiary/aromatic N) is 5. The van der Waals surface area contributed by atoms with Gasteiger partial charge in [0.25, 0.3) is 5.91 Å². The van der Waals surface area contributed by atoms with Gasteiger partial charge in [-0.2, -0.15) is 0 Å². The van der Waals surface area contributed by atoms with Gasteiger partial charge in [-0.25, -0.2) is 18.3 Å². The van der Waals surface area contributed by atoms with Gasteiger partial charge in [0.05, 0.1) is 18.8 Å². The molecule has 0 unspecified atom stereocenters. The third-order valence-electron chi connectivity index (χ3n) is 5.79. The highest BCUT2D eigenvalue weighted by atomic mass is 19.1. The number of amides is 1. The summed E-state index contributed by atoms with van der Waals surface area (Å²) in [7, 11) is 0. The maximum atomic E-state index is 14.5. The number of aromatic nitrogens is 4. The lowest BCUT2D eigenvalue weighted by Gasteiger charge is -2.27. The van der Waals surface area contributed by atoms with Crippen molar-refractivity contribution in [3.05, 3.63) is 47.2 Å². The normalized spacial score (nSPS) is 24.0. The van der Waals surface area contributed by atoms with E-state index < -0.39 is 18.0 Å². The number of alkyl halides is 1. The summed E-state index contributed by atoms with van der Waals surface area (Å²) < 4.78 is 30.1. The molecule has 3 aromatic heterocycles. The van der Waals surface area contributed by atoms with E-state index >= 15 is 0 Å². The molecule has 8 nitrogen and oxygen atoms in total. The van der Waals surface area contributed by atoms with Crippen LogP contribution in [0.25, 0.3) is 5.65 Å². The molecule has 2 bridgehead atoms. The molecule has 1 amide bonds. The van der Waals surface area contributed by atoms with Crippen molar-refractivity contribution in [2.24, 2.45) is 0 Å². The molecule has 5 rings (SSSR count). The zero-order valence-electron chi connectivity index (χ0n) is 16.3. The molecule has 1 fully saturated rings. The van der Waals surface area contributed by atoms with Crippen LogP contribution in [0.2, 0.25) is 0 Å². The van der Waals surface area contributed by atoms with Crippen LogP contribution in [0.1, 0.15) is 47.4 Å². The molecular weight excluding hydrogens is 392 g/mol. The summed E-state index contributed by atoms with van der Waals surface area (Å²) >= 11 is 0. The molecule has 30 heavy (non-hydrogen) atoms. The van der Waals surface area contributed by atoms with Crippen LogP contribution in [0.5, 0.6) is 0 Å². The standard InChI is InChI=1S/C20H21F2N7O/c1-10-2-3-14-13(6-11(21)8-24-14)15-7-12(22)9-28(15)16-4-5-29-19(26-16)17(18(23)27-29)20(30)25-10/h4-6,8,10,12,15H,2-3,7,9H2,1H3,(H2,23,27)(H,25,30)/t10-,12+,15-/m1/s1. The molecule has 2 aliphatic heterocycles. The lowest BCUT2D eigenvalue weighted by Crippen LogP contribution is -2.33. The largest absolute Gasteiger partial charge is 0.381 e. The van der Waals surface area contributed by atoms with Crippen molar-refractivity contribution in [3.63, 3.8) is 0 Å². The minimum Gasteiger partial charge on any atom is -0.381 e. The lowest BCUT2D eigenvalue weighted by molar-refractivity contribution is 0.0940. The van der Waals surface area contributed by atoms with Gasteiger partial charge in [-0.15, -0.1) is 5.10 Å². The number of nitrogens with one attached hydrogen (secondary N) is 1. The second-order valence-electron chi connectivity index (χ2n) is 7.92. The quantitative estimate of drug-likeness (QED) is 0.586. The van der Waals surface area contributed by atoms with Crippen LogP contribution < -0.4 is 16.0 Å². The van der Waals surface area contributed by atoms with Crippen molar-refractivity contribution in [1.29, 1.82) is 0 Å². The van der Waals surface area contributed by atoms with Crippen molar-refractivity contribution < 1.29 is 13.6 Å². The highest BCUT2D eigenvalue weighted by Gasteiger charge is 2.36. The average molecular weight is 413 g/mol. The minimum absolute atomic E-state index is 0.0765. The van der Waals surface area contributed by atoms with E-state index in [2.05, 4.69) is 20.4 Å². The van der Waals surface area contributed by atoms with Gasteiger partial charge < -0.3 is 16.0 Å². The molecule has 0 radical (unpaired) electrons. The summed E-state index contributed by atoms with van der Waals surface area (Å²) in [4.78, 5) is 23.6. The molecule has 156 valence electrons. The molecule has 10 heteroatoms. The van der Waals surface area contributed by atoms with Crippen molar-refractivity contribution in [2.75, 3.05) is 17.2 Å². The van der Waals surface area contributed by atoms with E-state index in [-0.39, 0.29) is 36.3 Å². The van der Waals surface area contributed by atoms with Crippen molar-refractivity contribution >= 4 is 23.2 Å². The molecule has 0 saturated carbocycles. The third kappa shape index (κ3) is 3.03. The molecule has 0 spiro atoms. The Bertz CT molecular complexity index is 1150. The summed E-state index contributed by atoms with van der Waals surface area (Å²) in [6.45, 7) is 1.99. The van der Waals surface area contributed by atoms with Crippen molar-refractivity contribution in [3.8, 4) is 0 Å². The van der Waals surface area contributed by atoms with Crippen LogP contribution in [0.3, 0.4) is 0 Å². The minimum atomic E-state index is -1.09. The number of rotatable bonds is 0. The van der Waals surface area contributed by atoms with E-state index in [4.69, 9.17) is 5.73 Å². The Morgan fingerprint density at radius 1 is 1.37 bits per heavy atom. The number of halogens is 2. The second kappa shape index (κ2) is 6.89. The van der Waals surface area contributed by atoms with E-state index in [9.17, 15) is 13.6 Å². The highest BCUT2D eigenvalue weighted by Crippen LogP contribution is 2.38. The van der Waals surface area contributed by atoms with Gasteiger partial charge in [0.2, 0.25) is 0 Å². The number of carbonyl (C=O) groups excluding carboxylic acids is 1. The van der Waals surface area contributed by atoms with Crippen LogP contribution in [0.15, 0.2) is 24.5 Å². The molecule has 0 aromatic carbocycles. The van der Waals surface area contributed by atoms with E-state index in [0.29, 0.717) is 35.6 Å². The first-order chi connectivity index (χ1) is 14.4. The van der Waals surface area contributed by atoms with Crippen LogP contribution in [0.4, 0.5) is 20.4 Å². The molecule has 3 aromatic rings. The summed E-state index contributed by atoms with van der Waals surface area (Å²) in [5, 5.41) is 7.10. The van der Waals surface area contributed by atoms with E-state index in [0.717, 1.165) is 0 Å². The topological polar surface area (TPSA) is 101 Å². The molecule has 3 atom stereocenters. The van der Waals surface area contributed by atoms with Gasteiger partial charge in [0.1, 0.15) is 23.4 Å². The Labute approximate surface area is 171 Å². The smallest absolute Gasteiger partial charge is 0.259 e. The Morgan fingerprint density at radius 2 is 2.20 bits per heavy atom. The number of aryl methyl sites for hydroxylation is 1. The lowest BCUT2D eigenvalue weighted by atomic mass is 9.98. The Kier molecular flexibility index (Phi) is 4.30. The first-order valence-corrected chi connectivity index (χ1v) is 9.91. The van der Waals surface area contributed by atoms with Gasteiger partial charge in [0.15, 0.2) is 11.5 Å². The monoisotopic (exact) mass is 413 g/mol. The molecular formula is C20H21F2N7O. The summed E-state index contributed by atoms with van der Waals surface area (Å²) in [6, 6.07) is 2.53. The zero-order chi connectivity index (χ0) is 21.0. The van der Waals surface area contributed by atoms with Crippen LogP contribution >= 0.6 is 0 Å². The SMILES string of the molecule is C[C@@H]1CCc2ncc(F)cc2[C@H]2C[C@H](F)CN2c2ccn3nc(N)c(c3n2)C(=O)N1. The summed E-state index contributed by atoms with van der Waals surface area (Å²) in [6.07, 6.45) is 3.04. The predicted molar refractivity (Wildman–Crippen MR) is 106 cm³/mol. The van der Waals surface area contributed by atoms with Gasteiger partial charge in [0, 0.05) is 24.4 Å². The fourth-order valence-corrected chi connectivity index (χ4v) is 4.35. The van der Waals surface area contributed by atoms with Crippen molar-refractivity contribution in [1.82, 2.24) is 24.9 Å². The van der Waals surface area contributed by atoms with Gasteiger partial charge in [-0.3, -0.25) is 9.78 Å². The molecule has 1 saturated heterocycles. The average Bonchev–Trinajstić information content (AvgIpc) is 3.24. The van der Waals surface area contributed by atoms with E-state index in [1.54, 1.807) is 17.2 Å². The Morgan fingerprint density at radius 3 is 3.03 bits per heavy atom. The molecule has 3 N–H and O–H groups in total. The van der Waals surface area contributed by atoms with Gasteiger partial charge in [-0.05, 0) is 37.5 Å². The Hall–Kier alpha value is -3.30. The summed E-state index contributed by atoms with van der Waals surface area (Å²) in [5.74, 6) is -0.278. The summed E-state index contributed by atoms with van der Waals surface area (Å²) in [5.41, 5.74) is 7.84. The van der Waals surface area contributed by atoms with Gasteiger partial charge in [-0.1, -0.05) is 0 Å². The Balaban J connectivity index is 1.72. The van der Waals surface area contributed by atoms with Gasteiger partial charge >= 0.3 is 0 Å².